The second-order valence-electron chi connectivity index (χ2n) is 6.15. The molecule has 27 heavy (non-hydrogen) atoms. The van der Waals surface area contributed by atoms with Crippen molar-refractivity contribution in [3.8, 4) is 0 Å². The van der Waals surface area contributed by atoms with Gasteiger partial charge in [-0.05, 0) is 36.8 Å². The van der Waals surface area contributed by atoms with Crippen LogP contribution in [-0.4, -0.2) is 22.1 Å². The Bertz CT molecular complexity index is 1200. The van der Waals surface area contributed by atoms with Crippen molar-refractivity contribution < 1.29 is 4.79 Å². The molecule has 5 nitrogen and oxygen atoms in total. The minimum absolute atomic E-state index is 0.295. The number of hydrogen-bond acceptors (Lipinski definition) is 4. The van der Waals surface area contributed by atoms with E-state index < -0.39 is 5.91 Å². The van der Waals surface area contributed by atoms with E-state index in [0.717, 1.165) is 27.4 Å². The number of pyridine rings is 2. The van der Waals surface area contributed by atoms with Crippen molar-refractivity contribution in [2.75, 3.05) is 0 Å². The predicted molar refractivity (Wildman–Crippen MR) is 108 cm³/mol. The first kappa shape index (κ1) is 17.1. The largest absolute Gasteiger partial charge is 0.289 e. The number of para-hydroxylation sites is 1. The van der Waals surface area contributed by atoms with Crippen LogP contribution in [0.2, 0.25) is 5.15 Å². The number of carbonyl (C=O) groups excluding carboxylic acids is 1. The molecule has 0 unspecified atom stereocenters. The lowest BCUT2D eigenvalue weighted by Crippen LogP contribution is -2.19. The Morgan fingerprint density at radius 3 is 2.70 bits per heavy atom. The average Bonchev–Trinajstić information content (AvgIpc) is 2.68. The molecule has 132 valence electrons. The highest BCUT2D eigenvalue weighted by molar-refractivity contribution is 6.32. The Labute approximate surface area is 160 Å². The molecule has 1 N–H and O–H groups in total. The van der Waals surface area contributed by atoms with Gasteiger partial charge >= 0.3 is 0 Å². The lowest BCUT2D eigenvalue weighted by atomic mass is 10.1. The second-order valence-corrected chi connectivity index (χ2v) is 6.51. The summed E-state index contributed by atoms with van der Waals surface area (Å²) in [5.74, 6) is -0.391. The van der Waals surface area contributed by atoms with Crippen molar-refractivity contribution in [1.29, 1.82) is 0 Å². The van der Waals surface area contributed by atoms with Crippen LogP contribution in [0.3, 0.4) is 0 Å². The summed E-state index contributed by atoms with van der Waals surface area (Å²) in [4.78, 5) is 21.0. The summed E-state index contributed by atoms with van der Waals surface area (Å²) >= 11 is 6.23. The third kappa shape index (κ3) is 3.64. The molecule has 1 amide bonds. The average molecular weight is 375 g/mol. The number of carbonyl (C=O) groups is 1. The van der Waals surface area contributed by atoms with Gasteiger partial charge in [0.15, 0.2) is 0 Å². The molecule has 4 aromatic rings. The summed E-state index contributed by atoms with van der Waals surface area (Å²) in [6.07, 6.45) is 1.48. The monoisotopic (exact) mass is 374 g/mol. The third-order valence-electron chi connectivity index (χ3n) is 4.15. The number of aromatic nitrogens is 2. The molecule has 0 bridgehead atoms. The normalized spacial score (nSPS) is 11.3. The molecule has 0 aliphatic rings. The molecule has 0 aliphatic heterocycles. The molecule has 0 saturated heterocycles. The number of nitrogens with one attached hydrogen (secondary N) is 1. The van der Waals surface area contributed by atoms with Crippen LogP contribution in [-0.2, 0) is 0 Å². The quantitative estimate of drug-likeness (QED) is 0.326. The molecule has 2 aromatic carbocycles. The van der Waals surface area contributed by atoms with Crippen LogP contribution in [0.4, 0.5) is 0 Å². The van der Waals surface area contributed by atoms with Crippen molar-refractivity contribution >= 4 is 45.5 Å². The molecule has 2 aromatic heterocycles. The van der Waals surface area contributed by atoms with Crippen LogP contribution >= 0.6 is 11.6 Å². The van der Waals surface area contributed by atoms with Gasteiger partial charge in [0.1, 0.15) is 10.8 Å². The van der Waals surface area contributed by atoms with Crippen LogP contribution in [0.1, 0.15) is 21.6 Å². The number of rotatable bonds is 3. The van der Waals surface area contributed by atoms with E-state index in [-0.39, 0.29) is 0 Å². The summed E-state index contributed by atoms with van der Waals surface area (Å²) in [6, 6.07) is 19.0. The maximum Gasteiger partial charge on any atom is 0.289 e. The van der Waals surface area contributed by atoms with E-state index in [1.54, 1.807) is 6.07 Å². The maximum absolute atomic E-state index is 12.3. The molecule has 0 saturated carbocycles. The smallest absolute Gasteiger partial charge is 0.266 e. The van der Waals surface area contributed by atoms with Gasteiger partial charge in [-0.1, -0.05) is 48.0 Å². The highest BCUT2D eigenvalue weighted by atomic mass is 35.5. The second kappa shape index (κ2) is 7.13. The number of aryl methyl sites for hydroxylation is 1. The van der Waals surface area contributed by atoms with E-state index in [0.29, 0.717) is 16.4 Å². The summed E-state index contributed by atoms with van der Waals surface area (Å²) in [5.41, 5.74) is 6.09. The zero-order chi connectivity index (χ0) is 18.8. The maximum atomic E-state index is 12.3. The minimum Gasteiger partial charge on any atom is -0.266 e. The highest BCUT2D eigenvalue weighted by Gasteiger charge is 2.08. The summed E-state index contributed by atoms with van der Waals surface area (Å²) in [5, 5.41) is 6.25. The Kier molecular flexibility index (Phi) is 4.52. The first-order valence-electron chi connectivity index (χ1n) is 8.36. The number of nitrogens with zero attached hydrogens (tertiary/aromatic N) is 3. The number of halogens is 1. The van der Waals surface area contributed by atoms with Gasteiger partial charge < -0.3 is 0 Å². The molecule has 4 rings (SSSR count). The lowest BCUT2D eigenvalue weighted by molar-refractivity contribution is 0.0950. The van der Waals surface area contributed by atoms with Crippen molar-refractivity contribution in [3.63, 3.8) is 0 Å². The third-order valence-corrected chi connectivity index (χ3v) is 4.46. The first-order valence-corrected chi connectivity index (χ1v) is 8.74. The molecule has 0 fully saturated rings. The van der Waals surface area contributed by atoms with Crippen LogP contribution in [0.5, 0.6) is 0 Å². The van der Waals surface area contributed by atoms with E-state index in [1.165, 1.54) is 6.21 Å². The fourth-order valence-corrected chi connectivity index (χ4v) is 2.97. The van der Waals surface area contributed by atoms with Crippen molar-refractivity contribution in [2.24, 2.45) is 5.10 Å². The van der Waals surface area contributed by atoms with E-state index in [2.05, 4.69) is 20.5 Å². The Morgan fingerprint density at radius 1 is 1.00 bits per heavy atom. The topological polar surface area (TPSA) is 67.2 Å². The van der Waals surface area contributed by atoms with Gasteiger partial charge in [-0.3, -0.25) is 4.79 Å². The molecule has 0 aliphatic carbocycles. The number of amides is 1. The van der Waals surface area contributed by atoms with Gasteiger partial charge in [0.25, 0.3) is 5.91 Å². The predicted octanol–water partition coefficient (Wildman–Crippen LogP) is 4.51. The highest BCUT2D eigenvalue weighted by Crippen LogP contribution is 2.20. The first-order chi connectivity index (χ1) is 13.1. The number of benzene rings is 2. The van der Waals surface area contributed by atoms with Gasteiger partial charge in [-0.15, -0.1) is 0 Å². The standard InChI is InChI=1S/C21H15ClN4O/c1-13-6-7-15-11-16(20(22)25-19(15)10-13)12-23-26-21(27)18-9-8-14-4-2-3-5-17(14)24-18/h2-12H,1H3,(H,26,27)/b23-12+. The molecular weight excluding hydrogens is 360 g/mol. The Hall–Kier alpha value is -3.31. The summed E-state index contributed by atoms with van der Waals surface area (Å²) in [7, 11) is 0. The van der Waals surface area contributed by atoms with Crippen molar-refractivity contribution in [1.82, 2.24) is 15.4 Å². The van der Waals surface area contributed by atoms with Gasteiger partial charge in [0, 0.05) is 16.3 Å². The summed E-state index contributed by atoms with van der Waals surface area (Å²) < 4.78 is 0. The fourth-order valence-electron chi connectivity index (χ4n) is 2.77. The van der Waals surface area contributed by atoms with Gasteiger partial charge in [0.2, 0.25) is 0 Å². The minimum atomic E-state index is -0.391. The number of hydrogen-bond donors (Lipinski definition) is 1. The molecular formula is C21H15ClN4O. The zero-order valence-electron chi connectivity index (χ0n) is 14.5. The van der Waals surface area contributed by atoms with Gasteiger partial charge in [-0.2, -0.15) is 5.10 Å². The fraction of sp³-hybridized carbons (Fsp3) is 0.0476. The van der Waals surface area contributed by atoms with E-state index in [4.69, 9.17) is 11.6 Å². The molecule has 0 spiro atoms. The number of fused-ring (bicyclic) bond motifs is 2. The van der Waals surface area contributed by atoms with Gasteiger partial charge in [0.05, 0.1) is 17.2 Å². The molecule has 6 heteroatoms. The van der Waals surface area contributed by atoms with Crippen molar-refractivity contribution in [3.05, 3.63) is 82.6 Å². The van der Waals surface area contributed by atoms with Crippen LogP contribution < -0.4 is 5.43 Å². The summed E-state index contributed by atoms with van der Waals surface area (Å²) in [6.45, 7) is 2.00. The molecule has 0 radical (unpaired) electrons. The van der Waals surface area contributed by atoms with Crippen molar-refractivity contribution in [2.45, 2.75) is 6.92 Å². The zero-order valence-corrected chi connectivity index (χ0v) is 15.2. The molecule has 2 heterocycles. The Balaban J connectivity index is 1.54. The van der Waals surface area contributed by atoms with E-state index in [9.17, 15) is 4.79 Å². The van der Waals surface area contributed by atoms with Crippen LogP contribution in [0, 0.1) is 6.92 Å². The van der Waals surface area contributed by atoms with Crippen LogP contribution in [0.15, 0.2) is 65.8 Å². The molecule has 0 atom stereocenters. The van der Waals surface area contributed by atoms with E-state index >= 15 is 0 Å². The Morgan fingerprint density at radius 2 is 1.81 bits per heavy atom. The SMILES string of the molecule is Cc1ccc2cc(/C=N/NC(=O)c3ccc4ccccc4n3)c(Cl)nc2c1. The van der Waals surface area contributed by atoms with E-state index in [1.807, 2.05) is 61.5 Å². The lowest BCUT2D eigenvalue weighted by Gasteiger charge is -2.04. The number of hydrazone groups is 1. The van der Waals surface area contributed by atoms with Gasteiger partial charge in [-0.25, -0.2) is 15.4 Å². The van der Waals surface area contributed by atoms with Crippen LogP contribution in [0.25, 0.3) is 21.8 Å².